The molecule has 1 atom stereocenters. The number of nitrogens with two attached hydrogens (primary N) is 1. The number of hydrogen-bond donors (Lipinski definition) is 2. The molecule has 100 valence electrons. The summed E-state index contributed by atoms with van der Waals surface area (Å²) in [6.45, 7) is 3.92. The van der Waals surface area contributed by atoms with Gasteiger partial charge in [-0.25, -0.2) is 9.97 Å². The van der Waals surface area contributed by atoms with E-state index >= 15 is 0 Å². The number of rotatable bonds is 5. The van der Waals surface area contributed by atoms with Crippen molar-refractivity contribution in [3.8, 4) is 0 Å². The maximum atomic E-state index is 5.59. The van der Waals surface area contributed by atoms with Gasteiger partial charge >= 0.3 is 0 Å². The first-order chi connectivity index (χ1) is 9.04. The Morgan fingerprint density at radius 3 is 2.95 bits per heavy atom. The van der Waals surface area contributed by atoms with Crippen LogP contribution in [0.2, 0.25) is 0 Å². The highest BCUT2D eigenvalue weighted by molar-refractivity contribution is 7.80. The molecule has 19 heavy (non-hydrogen) atoms. The largest absolute Gasteiger partial charge is 0.469 e. The molecule has 1 unspecified atom stereocenters. The van der Waals surface area contributed by atoms with Gasteiger partial charge in [-0.2, -0.15) is 0 Å². The minimum atomic E-state index is 0.146. The molecule has 2 heterocycles. The standard InChI is InChI=1S/C13H16N4OS/c1-8(6-10-4-3-5-18-10)15-13-16-9(2)7-11(17-13)12(14)19/h3-5,7-8H,6H2,1-2H3,(H2,14,19)(H,15,16,17). The highest BCUT2D eigenvalue weighted by atomic mass is 32.1. The summed E-state index contributed by atoms with van der Waals surface area (Å²) in [6, 6.07) is 5.73. The quantitative estimate of drug-likeness (QED) is 0.814. The lowest BCUT2D eigenvalue weighted by Crippen LogP contribution is -2.21. The first-order valence-electron chi connectivity index (χ1n) is 5.99. The van der Waals surface area contributed by atoms with Crippen LogP contribution in [0.4, 0.5) is 5.95 Å². The zero-order valence-electron chi connectivity index (χ0n) is 10.9. The number of nitrogens with one attached hydrogen (secondary N) is 1. The first kappa shape index (κ1) is 13.5. The first-order valence-corrected chi connectivity index (χ1v) is 6.40. The summed E-state index contributed by atoms with van der Waals surface area (Å²) in [7, 11) is 0. The molecule has 6 heteroatoms. The van der Waals surface area contributed by atoms with E-state index in [1.165, 1.54) is 0 Å². The Morgan fingerprint density at radius 2 is 2.32 bits per heavy atom. The Labute approximate surface area is 117 Å². The Balaban J connectivity index is 2.08. The smallest absolute Gasteiger partial charge is 0.223 e. The van der Waals surface area contributed by atoms with Gasteiger partial charge in [-0.15, -0.1) is 0 Å². The van der Waals surface area contributed by atoms with Crippen molar-refractivity contribution in [1.29, 1.82) is 0 Å². The van der Waals surface area contributed by atoms with Crippen LogP contribution in [0.15, 0.2) is 28.9 Å². The molecule has 0 aliphatic rings. The summed E-state index contributed by atoms with van der Waals surface area (Å²) < 4.78 is 5.31. The molecule has 0 aromatic carbocycles. The summed E-state index contributed by atoms with van der Waals surface area (Å²) in [5, 5.41) is 3.22. The van der Waals surface area contributed by atoms with Crippen molar-refractivity contribution >= 4 is 23.2 Å². The number of hydrogen-bond acceptors (Lipinski definition) is 5. The number of furan rings is 1. The highest BCUT2D eigenvalue weighted by Crippen LogP contribution is 2.10. The second-order valence-electron chi connectivity index (χ2n) is 4.41. The fourth-order valence-electron chi connectivity index (χ4n) is 1.76. The van der Waals surface area contributed by atoms with Crippen LogP contribution in [0, 0.1) is 6.92 Å². The molecule has 2 aromatic rings. The zero-order chi connectivity index (χ0) is 13.8. The maximum absolute atomic E-state index is 5.59. The number of aromatic nitrogens is 2. The number of thiocarbonyl (C=S) groups is 1. The minimum absolute atomic E-state index is 0.146. The summed E-state index contributed by atoms with van der Waals surface area (Å²) >= 11 is 4.93. The van der Waals surface area contributed by atoms with Gasteiger partial charge in [0.15, 0.2) is 0 Å². The van der Waals surface area contributed by atoms with E-state index in [2.05, 4.69) is 15.3 Å². The molecule has 0 saturated heterocycles. The van der Waals surface area contributed by atoms with Crippen LogP contribution < -0.4 is 11.1 Å². The number of anilines is 1. The Kier molecular flexibility index (Phi) is 4.11. The third kappa shape index (κ3) is 3.75. The lowest BCUT2D eigenvalue weighted by molar-refractivity contribution is 0.497. The lowest BCUT2D eigenvalue weighted by Gasteiger charge is -2.13. The molecule has 0 fully saturated rings. The van der Waals surface area contributed by atoms with Crippen LogP contribution >= 0.6 is 12.2 Å². The van der Waals surface area contributed by atoms with E-state index in [9.17, 15) is 0 Å². The number of nitrogens with zero attached hydrogens (tertiary/aromatic N) is 2. The van der Waals surface area contributed by atoms with Crippen molar-refractivity contribution in [2.24, 2.45) is 5.73 Å². The van der Waals surface area contributed by atoms with Crippen LogP contribution in [-0.2, 0) is 6.42 Å². The van der Waals surface area contributed by atoms with Gasteiger partial charge in [0.25, 0.3) is 0 Å². The van der Waals surface area contributed by atoms with Crippen LogP contribution in [-0.4, -0.2) is 21.0 Å². The van der Waals surface area contributed by atoms with E-state index in [1.54, 1.807) is 12.3 Å². The van der Waals surface area contributed by atoms with E-state index in [4.69, 9.17) is 22.4 Å². The van der Waals surface area contributed by atoms with Crippen LogP contribution in [0.5, 0.6) is 0 Å². The van der Waals surface area contributed by atoms with Gasteiger partial charge in [-0.3, -0.25) is 0 Å². The van der Waals surface area contributed by atoms with Gasteiger partial charge in [-0.1, -0.05) is 12.2 Å². The molecule has 2 rings (SSSR count). The van der Waals surface area contributed by atoms with E-state index in [0.29, 0.717) is 11.6 Å². The van der Waals surface area contributed by atoms with Gasteiger partial charge in [0.1, 0.15) is 16.4 Å². The zero-order valence-corrected chi connectivity index (χ0v) is 11.7. The van der Waals surface area contributed by atoms with Crippen LogP contribution in [0.1, 0.15) is 24.1 Å². The Bertz CT molecular complexity index is 568. The molecular weight excluding hydrogens is 260 g/mol. The van der Waals surface area contributed by atoms with Crippen molar-refractivity contribution in [2.45, 2.75) is 26.3 Å². The second kappa shape index (κ2) is 5.79. The second-order valence-corrected chi connectivity index (χ2v) is 4.85. The molecule has 0 bridgehead atoms. The Morgan fingerprint density at radius 1 is 1.53 bits per heavy atom. The summed E-state index contributed by atoms with van der Waals surface area (Å²) in [6.07, 6.45) is 2.42. The topological polar surface area (TPSA) is 77.0 Å². The molecule has 3 N–H and O–H groups in total. The van der Waals surface area contributed by atoms with Crippen molar-refractivity contribution in [2.75, 3.05) is 5.32 Å². The highest BCUT2D eigenvalue weighted by Gasteiger charge is 2.09. The summed E-state index contributed by atoms with van der Waals surface area (Å²) in [5.41, 5.74) is 6.99. The summed E-state index contributed by atoms with van der Waals surface area (Å²) in [4.78, 5) is 8.87. The van der Waals surface area contributed by atoms with Crippen molar-refractivity contribution < 1.29 is 4.42 Å². The Hall–Kier alpha value is -1.95. The van der Waals surface area contributed by atoms with E-state index in [1.807, 2.05) is 26.0 Å². The maximum Gasteiger partial charge on any atom is 0.223 e. The van der Waals surface area contributed by atoms with Gasteiger partial charge in [0.2, 0.25) is 5.95 Å². The van der Waals surface area contributed by atoms with Crippen molar-refractivity contribution in [1.82, 2.24) is 9.97 Å². The van der Waals surface area contributed by atoms with Crippen molar-refractivity contribution in [3.05, 3.63) is 41.6 Å². The van der Waals surface area contributed by atoms with Crippen LogP contribution in [0.25, 0.3) is 0 Å². The lowest BCUT2D eigenvalue weighted by atomic mass is 10.2. The average Bonchev–Trinajstić information content (AvgIpc) is 2.80. The third-order valence-corrected chi connectivity index (χ3v) is 2.78. The van der Waals surface area contributed by atoms with Gasteiger partial charge in [0, 0.05) is 18.2 Å². The van der Waals surface area contributed by atoms with Crippen LogP contribution in [0.3, 0.4) is 0 Å². The molecule has 0 aliphatic carbocycles. The SMILES string of the molecule is Cc1cc(C(N)=S)nc(NC(C)Cc2ccco2)n1. The molecule has 0 aliphatic heterocycles. The molecule has 0 saturated carbocycles. The average molecular weight is 276 g/mol. The fourth-order valence-corrected chi connectivity index (χ4v) is 1.87. The molecular formula is C13H16N4OS. The predicted molar refractivity (Wildman–Crippen MR) is 78.2 cm³/mol. The predicted octanol–water partition coefficient (Wildman–Crippen LogP) is 2.06. The minimum Gasteiger partial charge on any atom is -0.469 e. The van der Waals surface area contributed by atoms with Gasteiger partial charge < -0.3 is 15.5 Å². The van der Waals surface area contributed by atoms with E-state index < -0.39 is 0 Å². The molecule has 2 aromatic heterocycles. The summed E-state index contributed by atoms with van der Waals surface area (Å²) in [5.74, 6) is 1.45. The van der Waals surface area contributed by atoms with Gasteiger partial charge in [-0.05, 0) is 32.0 Å². The molecule has 0 spiro atoms. The number of aryl methyl sites for hydroxylation is 1. The van der Waals surface area contributed by atoms with Gasteiger partial charge in [0.05, 0.1) is 6.26 Å². The van der Waals surface area contributed by atoms with Crippen molar-refractivity contribution in [3.63, 3.8) is 0 Å². The fraction of sp³-hybridized carbons (Fsp3) is 0.308. The molecule has 0 amide bonds. The van der Waals surface area contributed by atoms with E-state index in [-0.39, 0.29) is 11.0 Å². The normalized spacial score (nSPS) is 12.1. The third-order valence-electron chi connectivity index (χ3n) is 2.57. The molecule has 5 nitrogen and oxygen atoms in total. The van der Waals surface area contributed by atoms with E-state index in [0.717, 1.165) is 17.9 Å². The monoisotopic (exact) mass is 276 g/mol. The molecule has 0 radical (unpaired) electrons.